The second-order valence-corrected chi connectivity index (χ2v) is 7.17. The third-order valence-corrected chi connectivity index (χ3v) is 5.14. The van der Waals surface area contributed by atoms with Gasteiger partial charge in [-0.05, 0) is 24.1 Å². The summed E-state index contributed by atoms with van der Waals surface area (Å²) in [6.45, 7) is 4.81. The minimum atomic E-state index is -0.209. The summed E-state index contributed by atoms with van der Waals surface area (Å²) in [7, 11) is 1.63. The van der Waals surface area contributed by atoms with Crippen LogP contribution < -0.4 is 10.1 Å². The normalized spacial score (nSPS) is 12.1. The number of carbonyl (C=O) groups excluding carboxylic acids is 1. The van der Waals surface area contributed by atoms with Crippen LogP contribution >= 0.6 is 0 Å². The topological polar surface area (TPSA) is 86.3 Å². The summed E-state index contributed by atoms with van der Waals surface area (Å²) in [4.78, 5) is 21.7. The number of benzene rings is 1. The number of imidazole rings is 1. The molecule has 3 heterocycles. The number of hydrogen-bond donors (Lipinski definition) is 1. The van der Waals surface area contributed by atoms with Crippen LogP contribution in [0.4, 0.5) is 0 Å². The van der Waals surface area contributed by atoms with Crippen molar-refractivity contribution in [1.82, 2.24) is 29.5 Å². The fraction of sp³-hybridized carbons (Fsp3) is 0.273. The van der Waals surface area contributed by atoms with E-state index in [0.717, 1.165) is 23.6 Å². The van der Waals surface area contributed by atoms with Crippen LogP contribution in [0.2, 0.25) is 0 Å². The first kappa shape index (κ1) is 19.6. The van der Waals surface area contributed by atoms with Crippen molar-refractivity contribution < 1.29 is 9.53 Å². The third-order valence-electron chi connectivity index (χ3n) is 5.14. The highest BCUT2D eigenvalue weighted by molar-refractivity contribution is 5.99. The molecule has 0 aliphatic rings. The third kappa shape index (κ3) is 3.63. The molecule has 4 rings (SSSR count). The van der Waals surface area contributed by atoms with E-state index in [1.165, 1.54) is 0 Å². The number of aromatic nitrogens is 5. The predicted molar refractivity (Wildman–Crippen MR) is 114 cm³/mol. The Hall–Kier alpha value is -3.68. The van der Waals surface area contributed by atoms with Gasteiger partial charge in [0.15, 0.2) is 11.5 Å². The van der Waals surface area contributed by atoms with Crippen LogP contribution in [0.25, 0.3) is 22.7 Å². The largest absolute Gasteiger partial charge is 0.497 e. The summed E-state index contributed by atoms with van der Waals surface area (Å²) >= 11 is 0. The van der Waals surface area contributed by atoms with Crippen LogP contribution in [-0.2, 0) is 0 Å². The smallest absolute Gasteiger partial charge is 0.272 e. The highest BCUT2D eigenvalue weighted by atomic mass is 16.5. The summed E-state index contributed by atoms with van der Waals surface area (Å²) in [5, 5.41) is 7.44. The molecule has 8 heteroatoms. The quantitative estimate of drug-likeness (QED) is 0.510. The average molecular weight is 404 g/mol. The maximum absolute atomic E-state index is 12.8. The zero-order chi connectivity index (χ0) is 21.1. The lowest BCUT2D eigenvalue weighted by Gasteiger charge is -2.09. The molecule has 154 valence electrons. The lowest BCUT2D eigenvalue weighted by molar-refractivity contribution is 0.0945. The van der Waals surface area contributed by atoms with Crippen LogP contribution in [0.3, 0.4) is 0 Å². The number of methoxy groups -OCH3 is 1. The molecule has 1 aromatic carbocycles. The molecule has 0 bridgehead atoms. The molecule has 1 N–H and O–H groups in total. The van der Waals surface area contributed by atoms with Gasteiger partial charge in [0.1, 0.15) is 11.4 Å². The van der Waals surface area contributed by atoms with Crippen LogP contribution in [0.1, 0.15) is 30.8 Å². The van der Waals surface area contributed by atoms with Crippen molar-refractivity contribution in [1.29, 1.82) is 0 Å². The molecule has 30 heavy (non-hydrogen) atoms. The van der Waals surface area contributed by atoms with Crippen molar-refractivity contribution in [3.05, 3.63) is 60.8 Å². The van der Waals surface area contributed by atoms with Gasteiger partial charge < -0.3 is 10.1 Å². The first-order valence-corrected chi connectivity index (χ1v) is 9.91. The number of carbonyl (C=O) groups is 1. The van der Waals surface area contributed by atoms with Gasteiger partial charge >= 0.3 is 0 Å². The number of rotatable bonds is 7. The highest BCUT2D eigenvalue weighted by Gasteiger charge is 2.21. The number of amides is 1. The Balaban J connectivity index is 1.78. The standard InChI is InChI=1S/C22H24N6O2/c1-4-15(2)13-24-22(29)20-19-14-23-10-11-27(19)21(26-20)18-8-9-25-28(18)16-6-5-7-17(12-16)30-3/h5-12,14-15H,4,13H2,1-3H3,(H,24,29)/t15-/m1/s1. The predicted octanol–water partition coefficient (Wildman–Crippen LogP) is 3.37. The number of fused-ring (bicyclic) bond motifs is 1. The van der Waals surface area contributed by atoms with Crippen LogP contribution in [0, 0.1) is 5.92 Å². The molecule has 1 atom stereocenters. The van der Waals surface area contributed by atoms with Gasteiger partial charge in [-0.25, -0.2) is 9.67 Å². The Morgan fingerprint density at radius 3 is 2.93 bits per heavy atom. The Morgan fingerprint density at radius 1 is 1.27 bits per heavy atom. The van der Waals surface area contributed by atoms with Crippen LogP contribution in [0.5, 0.6) is 5.75 Å². The fourth-order valence-electron chi connectivity index (χ4n) is 3.20. The number of nitrogens with zero attached hydrogens (tertiary/aromatic N) is 5. The molecule has 0 aliphatic carbocycles. The van der Waals surface area contributed by atoms with Crippen molar-refractivity contribution >= 4 is 11.4 Å². The first-order valence-electron chi connectivity index (χ1n) is 9.91. The molecule has 3 aromatic heterocycles. The SMILES string of the molecule is CC[C@@H](C)CNC(=O)c1nc(-c2ccnn2-c2cccc(OC)c2)n2ccncc12. The average Bonchev–Trinajstić information content (AvgIpc) is 3.42. The lowest BCUT2D eigenvalue weighted by Crippen LogP contribution is -2.28. The van der Waals surface area contributed by atoms with Gasteiger partial charge in [-0.3, -0.25) is 14.2 Å². The number of ether oxygens (including phenoxy) is 1. The minimum Gasteiger partial charge on any atom is -0.497 e. The van der Waals surface area contributed by atoms with E-state index >= 15 is 0 Å². The van der Waals surface area contributed by atoms with Crippen molar-refractivity contribution in [2.24, 2.45) is 5.92 Å². The number of hydrogen-bond acceptors (Lipinski definition) is 5. The minimum absolute atomic E-state index is 0.209. The molecule has 0 radical (unpaired) electrons. The zero-order valence-electron chi connectivity index (χ0n) is 17.2. The molecular formula is C22H24N6O2. The zero-order valence-corrected chi connectivity index (χ0v) is 17.2. The van der Waals surface area contributed by atoms with E-state index in [4.69, 9.17) is 4.74 Å². The molecule has 8 nitrogen and oxygen atoms in total. The molecule has 0 aliphatic heterocycles. The van der Waals surface area contributed by atoms with E-state index in [2.05, 4.69) is 34.2 Å². The van der Waals surface area contributed by atoms with Gasteiger partial charge in [0.2, 0.25) is 0 Å². The van der Waals surface area contributed by atoms with E-state index in [-0.39, 0.29) is 5.91 Å². The molecule has 1 amide bonds. The lowest BCUT2D eigenvalue weighted by atomic mass is 10.1. The van der Waals surface area contributed by atoms with Crippen molar-refractivity contribution in [2.45, 2.75) is 20.3 Å². The Kier molecular flexibility index (Phi) is 5.47. The summed E-state index contributed by atoms with van der Waals surface area (Å²) in [6.07, 6.45) is 7.83. The maximum Gasteiger partial charge on any atom is 0.272 e. The van der Waals surface area contributed by atoms with Crippen molar-refractivity contribution in [3.8, 4) is 23.0 Å². The monoisotopic (exact) mass is 404 g/mol. The van der Waals surface area contributed by atoms with Crippen molar-refractivity contribution in [3.63, 3.8) is 0 Å². The van der Waals surface area contributed by atoms with Gasteiger partial charge in [0.05, 0.1) is 30.7 Å². The van der Waals surface area contributed by atoms with E-state index < -0.39 is 0 Å². The van der Waals surface area contributed by atoms with Gasteiger partial charge in [-0.2, -0.15) is 5.10 Å². The van der Waals surface area contributed by atoms with Gasteiger partial charge in [0, 0.05) is 25.0 Å². The fourth-order valence-corrected chi connectivity index (χ4v) is 3.20. The van der Waals surface area contributed by atoms with E-state index in [9.17, 15) is 4.79 Å². The van der Waals surface area contributed by atoms with Gasteiger partial charge in [0.25, 0.3) is 5.91 Å². The highest BCUT2D eigenvalue weighted by Crippen LogP contribution is 2.26. The summed E-state index contributed by atoms with van der Waals surface area (Å²) in [5.41, 5.74) is 2.58. The Morgan fingerprint density at radius 2 is 2.13 bits per heavy atom. The molecule has 4 aromatic rings. The number of nitrogens with one attached hydrogen (secondary N) is 1. The van der Waals surface area contributed by atoms with E-state index in [1.807, 2.05) is 34.7 Å². The summed E-state index contributed by atoms with van der Waals surface area (Å²) in [5.74, 6) is 1.53. The maximum atomic E-state index is 12.8. The van der Waals surface area contributed by atoms with E-state index in [1.54, 1.807) is 36.6 Å². The summed E-state index contributed by atoms with van der Waals surface area (Å²) in [6, 6.07) is 9.49. The van der Waals surface area contributed by atoms with Gasteiger partial charge in [-0.15, -0.1) is 0 Å². The van der Waals surface area contributed by atoms with Gasteiger partial charge in [-0.1, -0.05) is 26.3 Å². The molecule has 0 unspecified atom stereocenters. The molecular weight excluding hydrogens is 380 g/mol. The summed E-state index contributed by atoms with van der Waals surface area (Å²) < 4.78 is 8.97. The second-order valence-electron chi connectivity index (χ2n) is 7.17. The molecule has 0 saturated carbocycles. The van der Waals surface area contributed by atoms with Crippen molar-refractivity contribution in [2.75, 3.05) is 13.7 Å². The van der Waals surface area contributed by atoms with E-state index in [0.29, 0.717) is 29.5 Å². The Bertz CT molecular complexity index is 1180. The van der Waals surface area contributed by atoms with Crippen LogP contribution in [0.15, 0.2) is 55.1 Å². The molecule has 0 fully saturated rings. The van der Waals surface area contributed by atoms with Crippen LogP contribution in [-0.4, -0.2) is 43.7 Å². The Labute approximate surface area is 174 Å². The molecule has 0 saturated heterocycles. The molecule has 0 spiro atoms. The first-order chi connectivity index (χ1) is 14.6. The second kappa shape index (κ2) is 8.36.